The fraction of sp³-hybridized carbons (Fsp3) is 0.333. The Hall–Kier alpha value is -2.76. The molecule has 2 heterocycles. The molecule has 126 valence electrons. The molecule has 3 rings (SSSR count). The van der Waals surface area contributed by atoms with E-state index in [4.69, 9.17) is 9.47 Å². The average molecular weight is 326 g/mol. The molecule has 2 aromatic heterocycles. The Kier molecular flexibility index (Phi) is 4.55. The highest BCUT2D eigenvalue weighted by Gasteiger charge is 2.17. The van der Waals surface area contributed by atoms with Crippen LogP contribution >= 0.6 is 0 Å². The number of hydrogen-bond acceptors (Lipinski definition) is 5. The van der Waals surface area contributed by atoms with Crippen molar-refractivity contribution in [1.29, 1.82) is 0 Å². The molecule has 0 unspecified atom stereocenters. The van der Waals surface area contributed by atoms with E-state index >= 15 is 0 Å². The van der Waals surface area contributed by atoms with Crippen molar-refractivity contribution in [3.63, 3.8) is 0 Å². The second-order valence-electron chi connectivity index (χ2n) is 5.85. The van der Waals surface area contributed by atoms with Crippen LogP contribution in [0.25, 0.3) is 11.0 Å². The molecule has 0 aliphatic carbocycles. The summed E-state index contributed by atoms with van der Waals surface area (Å²) in [6.07, 6.45) is 3.48. The molecule has 0 bridgehead atoms. The van der Waals surface area contributed by atoms with Gasteiger partial charge in [0.2, 0.25) is 0 Å². The van der Waals surface area contributed by atoms with E-state index in [1.165, 1.54) is 0 Å². The summed E-state index contributed by atoms with van der Waals surface area (Å²) in [5.74, 6) is 2.38. The summed E-state index contributed by atoms with van der Waals surface area (Å²) in [6.45, 7) is 5.03. The van der Waals surface area contributed by atoms with Gasteiger partial charge in [-0.15, -0.1) is 0 Å². The van der Waals surface area contributed by atoms with Gasteiger partial charge in [0.15, 0.2) is 11.5 Å². The maximum Gasteiger partial charge on any atom is 0.161 e. The van der Waals surface area contributed by atoms with E-state index in [1.54, 1.807) is 20.5 Å². The van der Waals surface area contributed by atoms with Gasteiger partial charge in [0, 0.05) is 18.8 Å². The van der Waals surface area contributed by atoms with Gasteiger partial charge < -0.3 is 19.4 Å². The summed E-state index contributed by atoms with van der Waals surface area (Å²) < 4.78 is 10.7. The van der Waals surface area contributed by atoms with Gasteiger partial charge in [0.25, 0.3) is 0 Å². The van der Waals surface area contributed by atoms with Gasteiger partial charge in [-0.2, -0.15) is 0 Å². The normalized spacial score (nSPS) is 11.0. The van der Waals surface area contributed by atoms with Crippen LogP contribution in [0.4, 0.5) is 5.82 Å². The van der Waals surface area contributed by atoms with Crippen molar-refractivity contribution >= 4 is 16.9 Å². The predicted molar refractivity (Wildman–Crippen MR) is 94.8 cm³/mol. The SMILES string of the molecule is COc1ccc(CN(c2ncnc3[nH]ccc23)C(C)C)cc1OC. The molecule has 1 N–H and O–H groups in total. The highest BCUT2D eigenvalue weighted by molar-refractivity contribution is 5.87. The molecule has 0 aliphatic rings. The summed E-state index contributed by atoms with van der Waals surface area (Å²) in [6, 6.07) is 8.27. The largest absolute Gasteiger partial charge is 0.493 e. The smallest absolute Gasteiger partial charge is 0.161 e. The lowest BCUT2D eigenvalue weighted by Crippen LogP contribution is -2.31. The van der Waals surface area contributed by atoms with Crippen LogP contribution in [-0.4, -0.2) is 35.2 Å². The number of rotatable bonds is 6. The zero-order valence-corrected chi connectivity index (χ0v) is 14.4. The van der Waals surface area contributed by atoms with Crippen molar-refractivity contribution < 1.29 is 9.47 Å². The Morgan fingerprint density at radius 3 is 2.58 bits per heavy atom. The first-order chi connectivity index (χ1) is 11.6. The summed E-state index contributed by atoms with van der Waals surface area (Å²) >= 11 is 0. The van der Waals surface area contributed by atoms with E-state index in [2.05, 4.69) is 33.7 Å². The topological polar surface area (TPSA) is 63.3 Å². The molecule has 1 aromatic carbocycles. The highest BCUT2D eigenvalue weighted by Crippen LogP contribution is 2.30. The Morgan fingerprint density at radius 1 is 1.08 bits per heavy atom. The van der Waals surface area contributed by atoms with Gasteiger partial charge in [-0.25, -0.2) is 9.97 Å². The number of benzene rings is 1. The van der Waals surface area contributed by atoms with Gasteiger partial charge in [-0.3, -0.25) is 0 Å². The van der Waals surface area contributed by atoms with Crippen molar-refractivity contribution in [3.8, 4) is 11.5 Å². The minimum atomic E-state index is 0.283. The van der Waals surface area contributed by atoms with Crippen LogP contribution < -0.4 is 14.4 Å². The number of methoxy groups -OCH3 is 2. The molecule has 0 amide bonds. The minimum Gasteiger partial charge on any atom is -0.493 e. The summed E-state index contributed by atoms with van der Waals surface area (Å²) in [5, 5.41) is 1.02. The molecular weight excluding hydrogens is 304 g/mol. The summed E-state index contributed by atoms with van der Waals surface area (Å²) in [4.78, 5) is 14.2. The van der Waals surface area contributed by atoms with Crippen LogP contribution in [0.2, 0.25) is 0 Å². The molecule has 0 saturated carbocycles. The highest BCUT2D eigenvalue weighted by atomic mass is 16.5. The van der Waals surface area contributed by atoms with E-state index in [0.29, 0.717) is 0 Å². The monoisotopic (exact) mass is 326 g/mol. The molecule has 0 radical (unpaired) electrons. The van der Waals surface area contributed by atoms with E-state index < -0.39 is 0 Å². The summed E-state index contributed by atoms with van der Waals surface area (Å²) in [5.41, 5.74) is 1.97. The number of ether oxygens (including phenoxy) is 2. The fourth-order valence-corrected chi connectivity index (χ4v) is 2.77. The van der Waals surface area contributed by atoms with E-state index in [1.807, 2.05) is 30.5 Å². The third-order valence-corrected chi connectivity index (χ3v) is 4.03. The Balaban J connectivity index is 1.97. The van der Waals surface area contributed by atoms with Crippen molar-refractivity contribution in [1.82, 2.24) is 15.0 Å². The van der Waals surface area contributed by atoms with Crippen LogP contribution in [0, 0.1) is 0 Å². The van der Waals surface area contributed by atoms with E-state index in [0.717, 1.165) is 40.5 Å². The molecule has 6 heteroatoms. The first kappa shape index (κ1) is 16.1. The van der Waals surface area contributed by atoms with Gasteiger partial charge in [-0.05, 0) is 37.6 Å². The van der Waals surface area contributed by atoms with E-state index in [9.17, 15) is 0 Å². The van der Waals surface area contributed by atoms with Gasteiger partial charge in [0.1, 0.15) is 17.8 Å². The van der Waals surface area contributed by atoms with Gasteiger partial charge in [-0.1, -0.05) is 6.07 Å². The second kappa shape index (κ2) is 6.78. The minimum absolute atomic E-state index is 0.283. The number of fused-ring (bicyclic) bond motifs is 1. The maximum atomic E-state index is 5.41. The number of H-pyrrole nitrogens is 1. The van der Waals surface area contributed by atoms with Crippen LogP contribution in [0.5, 0.6) is 11.5 Å². The number of hydrogen-bond donors (Lipinski definition) is 1. The third-order valence-electron chi connectivity index (χ3n) is 4.03. The first-order valence-electron chi connectivity index (χ1n) is 7.89. The zero-order chi connectivity index (χ0) is 17.1. The Morgan fingerprint density at radius 2 is 1.88 bits per heavy atom. The number of nitrogens with zero attached hydrogens (tertiary/aromatic N) is 3. The lowest BCUT2D eigenvalue weighted by Gasteiger charge is -2.28. The standard InChI is InChI=1S/C18H22N4O2/c1-12(2)22(18-14-7-8-19-17(14)20-11-21-18)10-13-5-6-15(23-3)16(9-13)24-4/h5-9,11-12H,10H2,1-4H3,(H,19,20,21). The van der Waals surface area contributed by atoms with Crippen molar-refractivity contribution in [2.24, 2.45) is 0 Å². The van der Waals surface area contributed by atoms with Crippen LogP contribution in [0.15, 0.2) is 36.8 Å². The lowest BCUT2D eigenvalue weighted by molar-refractivity contribution is 0.354. The fourth-order valence-electron chi connectivity index (χ4n) is 2.77. The molecular formula is C18H22N4O2. The van der Waals surface area contributed by atoms with Crippen molar-refractivity contribution in [3.05, 3.63) is 42.4 Å². The molecule has 0 atom stereocenters. The lowest BCUT2D eigenvalue weighted by atomic mass is 10.1. The first-order valence-corrected chi connectivity index (χ1v) is 7.89. The number of nitrogens with one attached hydrogen (secondary N) is 1. The second-order valence-corrected chi connectivity index (χ2v) is 5.85. The van der Waals surface area contributed by atoms with Crippen molar-refractivity contribution in [2.45, 2.75) is 26.4 Å². The predicted octanol–water partition coefficient (Wildman–Crippen LogP) is 3.39. The average Bonchev–Trinajstić information content (AvgIpc) is 3.08. The Labute approximate surface area is 141 Å². The van der Waals surface area contributed by atoms with Crippen LogP contribution in [0.1, 0.15) is 19.4 Å². The Bertz CT molecular complexity index is 829. The summed E-state index contributed by atoms with van der Waals surface area (Å²) in [7, 11) is 3.29. The number of aromatic amines is 1. The number of anilines is 1. The molecule has 3 aromatic rings. The van der Waals surface area contributed by atoms with Crippen LogP contribution in [-0.2, 0) is 6.54 Å². The van der Waals surface area contributed by atoms with E-state index in [-0.39, 0.29) is 6.04 Å². The van der Waals surface area contributed by atoms with Gasteiger partial charge in [0.05, 0.1) is 19.6 Å². The molecule has 0 saturated heterocycles. The maximum absolute atomic E-state index is 5.41. The molecule has 24 heavy (non-hydrogen) atoms. The quantitative estimate of drug-likeness (QED) is 0.752. The molecule has 0 aliphatic heterocycles. The molecule has 0 fully saturated rings. The third kappa shape index (κ3) is 2.99. The number of aromatic nitrogens is 3. The van der Waals surface area contributed by atoms with Crippen LogP contribution in [0.3, 0.4) is 0 Å². The molecule has 0 spiro atoms. The molecule has 6 nitrogen and oxygen atoms in total. The van der Waals surface area contributed by atoms with Gasteiger partial charge >= 0.3 is 0 Å². The van der Waals surface area contributed by atoms with Crippen molar-refractivity contribution in [2.75, 3.05) is 19.1 Å². The zero-order valence-electron chi connectivity index (χ0n) is 14.4.